The van der Waals surface area contributed by atoms with E-state index in [1.54, 1.807) is 6.26 Å². The number of esters is 1. The Kier molecular flexibility index (Phi) is 6.40. The molecule has 14 heteroatoms. The number of nitrogens with zero attached hydrogens (tertiary/aromatic N) is 4. The Bertz CT molecular complexity index is 1200. The Labute approximate surface area is 178 Å². The third kappa shape index (κ3) is 5.44. The lowest BCUT2D eigenvalue weighted by atomic mass is 10.2. The van der Waals surface area contributed by atoms with Crippen molar-refractivity contribution in [1.29, 1.82) is 0 Å². The molecule has 9 nitrogen and oxygen atoms in total. The van der Waals surface area contributed by atoms with Crippen molar-refractivity contribution in [1.82, 2.24) is 19.9 Å². The van der Waals surface area contributed by atoms with Crippen LogP contribution in [-0.4, -0.2) is 52.8 Å². The van der Waals surface area contributed by atoms with Gasteiger partial charge in [0, 0.05) is 11.8 Å². The molecule has 166 valence electrons. The summed E-state index contributed by atoms with van der Waals surface area (Å²) >= 11 is 1.22. The third-order valence-corrected chi connectivity index (χ3v) is 5.32. The minimum atomic E-state index is -4.76. The molecule has 0 aliphatic carbocycles. The second-order valence-electron chi connectivity index (χ2n) is 6.22. The summed E-state index contributed by atoms with van der Waals surface area (Å²) in [6.45, 7) is -0.598. The molecule has 0 unspecified atom stereocenters. The lowest BCUT2D eigenvalue weighted by molar-refractivity contribution is -0.144. The lowest BCUT2D eigenvalue weighted by Gasteiger charge is -2.05. The van der Waals surface area contributed by atoms with E-state index >= 15 is 0 Å². The summed E-state index contributed by atoms with van der Waals surface area (Å²) in [5.41, 5.74) is -1.21. The Morgan fingerprint density at radius 1 is 1.29 bits per heavy atom. The van der Waals surface area contributed by atoms with E-state index in [0.29, 0.717) is 6.07 Å². The van der Waals surface area contributed by atoms with Crippen LogP contribution in [0.1, 0.15) is 5.69 Å². The molecule has 2 heterocycles. The smallest absolute Gasteiger partial charge is 0.435 e. The number of ether oxygens (including phenoxy) is 1. The van der Waals surface area contributed by atoms with E-state index in [1.165, 1.54) is 36.0 Å². The first-order chi connectivity index (χ1) is 14.5. The van der Waals surface area contributed by atoms with Crippen molar-refractivity contribution < 1.29 is 35.6 Å². The van der Waals surface area contributed by atoms with Gasteiger partial charge in [0.15, 0.2) is 15.5 Å². The highest BCUT2D eigenvalue weighted by atomic mass is 32.2. The summed E-state index contributed by atoms with van der Waals surface area (Å²) < 4.78 is 73.6. The van der Waals surface area contributed by atoms with Gasteiger partial charge in [0.05, 0.1) is 4.90 Å². The van der Waals surface area contributed by atoms with Crippen molar-refractivity contribution in [3.05, 3.63) is 36.0 Å². The molecule has 3 rings (SSSR count). The quantitative estimate of drug-likeness (QED) is 0.375. The molecule has 0 aliphatic rings. The number of hydrogen-bond acceptors (Lipinski definition) is 9. The largest absolute Gasteiger partial charge is 0.453 e. The average molecular weight is 476 g/mol. The van der Waals surface area contributed by atoms with Gasteiger partial charge in [-0.15, -0.1) is 11.8 Å². The number of benzene rings is 1. The maximum atomic E-state index is 13.1. The van der Waals surface area contributed by atoms with E-state index in [-0.39, 0.29) is 33.8 Å². The molecule has 0 saturated carbocycles. The second kappa shape index (κ2) is 8.70. The van der Waals surface area contributed by atoms with Crippen molar-refractivity contribution >= 4 is 27.6 Å². The van der Waals surface area contributed by atoms with Crippen LogP contribution in [0.4, 0.5) is 13.2 Å². The van der Waals surface area contributed by atoms with Crippen molar-refractivity contribution in [3.8, 4) is 23.0 Å². The van der Waals surface area contributed by atoms with E-state index < -0.39 is 34.2 Å². The van der Waals surface area contributed by atoms with Gasteiger partial charge in [-0.05, 0) is 30.5 Å². The molecule has 3 aromatic rings. The molecule has 0 amide bonds. The standard InChI is InChI=1S/C17H15F3N4O5S2/c1-30-9-28-14(25)8-24-12(7-13(22-24)17(18,19)20)15-21-16(29-23-15)10-4-3-5-11(6-10)31(2,26)27/h3-7H,8-9H2,1-2H3. The Morgan fingerprint density at radius 3 is 2.68 bits per heavy atom. The Balaban J connectivity index is 1.99. The molecule has 0 radical (unpaired) electrons. The maximum absolute atomic E-state index is 13.1. The third-order valence-electron chi connectivity index (χ3n) is 3.85. The van der Waals surface area contributed by atoms with Crippen LogP contribution in [0.25, 0.3) is 23.0 Å². The zero-order valence-electron chi connectivity index (χ0n) is 16.1. The molecule has 0 bridgehead atoms. The van der Waals surface area contributed by atoms with Crippen LogP contribution < -0.4 is 0 Å². The molecule has 0 aliphatic heterocycles. The minimum Gasteiger partial charge on any atom is -0.453 e. The molecule has 0 fully saturated rings. The summed E-state index contributed by atoms with van der Waals surface area (Å²) in [7, 11) is -3.50. The Hall–Kier alpha value is -2.87. The first-order valence-corrected chi connectivity index (χ1v) is 11.7. The summed E-state index contributed by atoms with van der Waals surface area (Å²) in [6, 6.07) is 6.32. The van der Waals surface area contributed by atoms with Crippen molar-refractivity contribution in [2.24, 2.45) is 0 Å². The topological polar surface area (TPSA) is 117 Å². The van der Waals surface area contributed by atoms with Gasteiger partial charge in [-0.3, -0.25) is 4.79 Å². The van der Waals surface area contributed by atoms with Crippen LogP contribution in [0, 0.1) is 0 Å². The van der Waals surface area contributed by atoms with Crippen molar-refractivity contribution in [2.75, 3.05) is 18.5 Å². The first-order valence-electron chi connectivity index (χ1n) is 8.43. The summed E-state index contributed by atoms with van der Waals surface area (Å²) in [6.07, 6.45) is -2.05. The number of carbonyl (C=O) groups is 1. The van der Waals surface area contributed by atoms with Crippen LogP contribution in [-0.2, 0) is 32.1 Å². The zero-order chi connectivity index (χ0) is 22.8. The highest BCUT2D eigenvalue weighted by molar-refractivity contribution is 7.98. The molecule has 0 atom stereocenters. The zero-order valence-corrected chi connectivity index (χ0v) is 17.7. The van der Waals surface area contributed by atoms with Crippen molar-refractivity contribution in [2.45, 2.75) is 17.6 Å². The number of alkyl halides is 3. The predicted molar refractivity (Wildman–Crippen MR) is 104 cm³/mol. The first kappa shape index (κ1) is 22.8. The van der Waals surface area contributed by atoms with Gasteiger partial charge in [-0.25, -0.2) is 13.1 Å². The summed E-state index contributed by atoms with van der Waals surface area (Å²) in [5.74, 6) is -1.14. The van der Waals surface area contributed by atoms with Gasteiger partial charge >= 0.3 is 12.1 Å². The van der Waals surface area contributed by atoms with Crippen LogP contribution in [0.2, 0.25) is 0 Å². The van der Waals surface area contributed by atoms with E-state index in [4.69, 9.17) is 9.26 Å². The molecule has 0 spiro atoms. The van der Waals surface area contributed by atoms with Gasteiger partial charge < -0.3 is 9.26 Å². The molecule has 2 aromatic heterocycles. The van der Waals surface area contributed by atoms with Gasteiger partial charge in [0.25, 0.3) is 5.89 Å². The fourth-order valence-corrected chi connectivity index (χ4v) is 3.37. The molecular formula is C17H15F3N4O5S2. The SMILES string of the molecule is CSCOC(=O)Cn1nc(C(F)(F)F)cc1-c1noc(-c2cccc(S(C)(=O)=O)c2)n1. The van der Waals surface area contributed by atoms with Crippen LogP contribution in [0.15, 0.2) is 39.8 Å². The van der Waals surface area contributed by atoms with Crippen LogP contribution >= 0.6 is 11.8 Å². The van der Waals surface area contributed by atoms with E-state index in [2.05, 4.69) is 15.2 Å². The van der Waals surface area contributed by atoms with Crippen LogP contribution in [0.5, 0.6) is 0 Å². The number of sulfone groups is 1. The highest BCUT2D eigenvalue weighted by Crippen LogP contribution is 2.32. The van der Waals surface area contributed by atoms with E-state index in [0.717, 1.165) is 10.9 Å². The van der Waals surface area contributed by atoms with Crippen molar-refractivity contribution in [3.63, 3.8) is 0 Å². The van der Waals surface area contributed by atoms with Gasteiger partial charge in [-0.2, -0.15) is 23.3 Å². The van der Waals surface area contributed by atoms with Gasteiger partial charge in [0.1, 0.15) is 18.2 Å². The Morgan fingerprint density at radius 2 is 2.03 bits per heavy atom. The molecular weight excluding hydrogens is 461 g/mol. The number of carbonyl (C=O) groups excluding carboxylic acids is 1. The maximum Gasteiger partial charge on any atom is 0.435 e. The summed E-state index contributed by atoms with van der Waals surface area (Å²) in [5, 5.41) is 7.08. The predicted octanol–water partition coefficient (Wildman–Crippen LogP) is 2.89. The monoisotopic (exact) mass is 476 g/mol. The number of thioether (sulfide) groups is 1. The number of halogens is 3. The van der Waals surface area contributed by atoms with E-state index in [1.807, 2.05) is 0 Å². The number of aromatic nitrogens is 4. The molecule has 0 N–H and O–H groups in total. The molecule has 1 aromatic carbocycles. The highest BCUT2D eigenvalue weighted by Gasteiger charge is 2.36. The lowest BCUT2D eigenvalue weighted by Crippen LogP contribution is -2.16. The normalized spacial score (nSPS) is 12.2. The molecule has 31 heavy (non-hydrogen) atoms. The minimum absolute atomic E-state index is 0.00527. The van der Waals surface area contributed by atoms with Gasteiger partial charge in [0.2, 0.25) is 5.82 Å². The van der Waals surface area contributed by atoms with E-state index in [9.17, 15) is 26.4 Å². The summed E-state index contributed by atoms with van der Waals surface area (Å²) in [4.78, 5) is 15.9. The van der Waals surface area contributed by atoms with Gasteiger partial charge in [-0.1, -0.05) is 11.2 Å². The average Bonchev–Trinajstić information content (AvgIpc) is 3.32. The number of hydrogen-bond donors (Lipinski definition) is 0. The van der Waals surface area contributed by atoms with Crippen LogP contribution in [0.3, 0.4) is 0 Å². The number of rotatable bonds is 7. The fourth-order valence-electron chi connectivity index (χ4n) is 2.45. The fraction of sp³-hybridized carbons (Fsp3) is 0.294. The second-order valence-corrected chi connectivity index (χ2v) is 9.05. The molecule has 0 saturated heterocycles.